The van der Waals surface area contributed by atoms with E-state index in [4.69, 9.17) is 4.74 Å². The van der Waals surface area contributed by atoms with Crippen LogP contribution in [0.5, 0.6) is 0 Å². The summed E-state index contributed by atoms with van der Waals surface area (Å²) in [5.74, 6) is 0.0331. The van der Waals surface area contributed by atoms with Crippen molar-refractivity contribution in [1.82, 2.24) is 5.32 Å². The molecule has 1 rings (SSSR count). The van der Waals surface area contributed by atoms with E-state index >= 15 is 0 Å². The van der Waals surface area contributed by atoms with Crippen molar-refractivity contribution in [3.05, 3.63) is 48.6 Å². The van der Waals surface area contributed by atoms with Crippen LogP contribution in [-0.4, -0.2) is 19.6 Å². The largest absolute Gasteiger partial charge is 0.372 e. The normalized spacial score (nSPS) is 13.6. The van der Waals surface area contributed by atoms with E-state index in [1.165, 1.54) is 0 Å². The first-order chi connectivity index (χ1) is 9.18. The van der Waals surface area contributed by atoms with Crippen LogP contribution in [0.15, 0.2) is 43.0 Å². The van der Waals surface area contributed by atoms with E-state index < -0.39 is 5.60 Å². The average Bonchev–Trinajstić information content (AvgIpc) is 2.48. The first kappa shape index (κ1) is 15.4. The van der Waals surface area contributed by atoms with Crippen LogP contribution < -0.4 is 5.32 Å². The van der Waals surface area contributed by atoms with Gasteiger partial charge in [-0.15, -0.1) is 6.58 Å². The topological polar surface area (TPSA) is 38.3 Å². The Balaban J connectivity index is 2.72. The Morgan fingerprint density at radius 2 is 2.11 bits per heavy atom. The van der Waals surface area contributed by atoms with E-state index in [1.807, 2.05) is 30.3 Å². The molecule has 0 aromatic heterocycles. The lowest BCUT2D eigenvalue weighted by Crippen LogP contribution is -2.41. The van der Waals surface area contributed by atoms with Crippen LogP contribution >= 0.6 is 0 Å². The van der Waals surface area contributed by atoms with Crippen LogP contribution in [-0.2, 0) is 15.1 Å². The first-order valence-corrected chi connectivity index (χ1v) is 6.66. The number of hydrogen-bond acceptors (Lipinski definition) is 2. The molecule has 104 valence electrons. The standard InChI is InChI=1S/C16H23NO2/c1-4-6-12-15(18)17-13-16(5-2,19-3)14-10-8-7-9-11-14/h4,7-11H,1,5-6,12-13H2,2-3H3,(H,17,18)/t16-/m1/s1. The van der Waals surface area contributed by atoms with E-state index in [-0.39, 0.29) is 5.91 Å². The summed E-state index contributed by atoms with van der Waals surface area (Å²) >= 11 is 0. The number of rotatable bonds is 8. The Kier molecular flexibility index (Phi) is 6.30. The van der Waals surface area contributed by atoms with Crippen molar-refractivity contribution in [3.8, 4) is 0 Å². The van der Waals surface area contributed by atoms with Gasteiger partial charge in [-0.25, -0.2) is 0 Å². The van der Waals surface area contributed by atoms with Gasteiger partial charge in [-0.3, -0.25) is 4.79 Å². The van der Waals surface area contributed by atoms with Crippen LogP contribution in [0.4, 0.5) is 0 Å². The maximum Gasteiger partial charge on any atom is 0.220 e. The summed E-state index contributed by atoms with van der Waals surface area (Å²) in [4.78, 5) is 11.7. The zero-order valence-corrected chi connectivity index (χ0v) is 11.8. The molecule has 0 saturated carbocycles. The van der Waals surface area contributed by atoms with E-state index in [1.54, 1.807) is 13.2 Å². The molecule has 1 amide bonds. The number of carbonyl (C=O) groups is 1. The van der Waals surface area contributed by atoms with Gasteiger partial charge in [0.15, 0.2) is 0 Å². The number of hydrogen-bond donors (Lipinski definition) is 1. The molecule has 3 nitrogen and oxygen atoms in total. The van der Waals surface area contributed by atoms with Gasteiger partial charge in [-0.1, -0.05) is 43.3 Å². The average molecular weight is 261 g/mol. The SMILES string of the molecule is C=CCCC(=O)NC[C@@](CC)(OC)c1ccccc1. The van der Waals surface area contributed by atoms with Crippen LogP contribution in [0.3, 0.4) is 0 Å². The molecule has 0 bridgehead atoms. The number of nitrogens with one attached hydrogen (secondary N) is 1. The fraction of sp³-hybridized carbons (Fsp3) is 0.438. The molecule has 1 aromatic carbocycles. The summed E-state index contributed by atoms with van der Waals surface area (Å²) in [6.45, 7) is 6.16. The molecule has 0 aliphatic heterocycles. The van der Waals surface area contributed by atoms with Crippen molar-refractivity contribution >= 4 is 5.91 Å². The van der Waals surface area contributed by atoms with Gasteiger partial charge in [0.1, 0.15) is 5.60 Å². The quantitative estimate of drug-likeness (QED) is 0.730. The Labute approximate surface area is 115 Å². The fourth-order valence-corrected chi connectivity index (χ4v) is 2.07. The third-order valence-electron chi connectivity index (χ3n) is 3.41. The van der Waals surface area contributed by atoms with Gasteiger partial charge in [0.25, 0.3) is 0 Å². The number of ether oxygens (including phenoxy) is 1. The molecule has 0 radical (unpaired) electrons. The molecule has 0 aliphatic carbocycles. The predicted molar refractivity (Wildman–Crippen MR) is 77.9 cm³/mol. The van der Waals surface area contributed by atoms with Gasteiger partial charge in [0.05, 0.1) is 6.54 Å². The lowest BCUT2D eigenvalue weighted by Gasteiger charge is -2.32. The van der Waals surface area contributed by atoms with Crippen molar-refractivity contribution in [1.29, 1.82) is 0 Å². The van der Waals surface area contributed by atoms with E-state index in [0.29, 0.717) is 19.4 Å². The lowest BCUT2D eigenvalue weighted by molar-refractivity contribution is -0.122. The van der Waals surface area contributed by atoms with E-state index in [2.05, 4.69) is 18.8 Å². The minimum atomic E-state index is -0.453. The van der Waals surface area contributed by atoms with Crippen LogP contribution in [0.1, 0.15) is 31.7 Å². The molecule has 19 heavy (non-hydrogen) atoms. The maximum atomic E-state index is 11.7. The Morgan fingerprint density at radius 1 is 1.42 bits per heavy atom. The molecule has 0 aliphatic rings. The van der Waals surface area contributed by atoms with Crippen LogP contribution in [0.25, 0.3) is 0 Å². The number of amides is 1. The zero-order chi connectivity index (χ0) is 14.1. The van der Waals surface area contributed by atoms with Gasteiger partial charge in [-0.2, -0.15) is 0 Å². The second kappa shape index (κ2) is 7.74. The van der Waals surface area contributed by atoms with Crippen molar-refractivity contribution in [2.24, 2.45) is 0 Å². The maximum absolute atomic E-state index is 11.7. The number of allylic oxidation sites excluding steroid dienone is 1. The highest BCUT2D eigenvalue weighted by atomic mass is 16.5. The summed E-state index contributed by atoms with van der Waals surface area (Å²) < 4.78 is 5.69. The summed E-state index contributed by atoms with van der Waals surface area (Å²) in [6.07, 6.45) is 3.72. The highest BCUT2D eigenvalue weighted by molar-refractivity contribution is 5.76. The number of benzene rings is 1. The molecule has 0 unspecified atom stereocenters. The van der Waals surface area contributed by atoms with Gasteiger partial charge >= 0.3 is 0 Å². The van der Waals surface area contributed by atoms with Gasteiger partial charge in [-0.05, 0) is 18.4 Å². The molecule has 1 aromatic rings. The van der Waals surface area contributed by atoms with Crippen LogP contribution in [0.2, 0.25) is 0 Å². The van der Waals surface area contributed by atoms with E-state index in [9.17, 15) is 4.79 Å². The smallest absolute Gasteiger partial charge is 0.220 e. The van der Waals surface area contributed by atoms with Crippen LogP contribution in [0, 0.1) is 0 Å². The molecule has 1 atom stereocenters. The van der Waals surface area contributed by atoms with Crippen molar-refractivity contribution in [2.75, 3.05) is 13.7 Å². The van der Waals surface area contributed by atoms with Gasteiger partial charge in [0, 0.05) is 13.5 Å². The van der Waals surface area contributed by atoms with E-state index in [0.717, 1.165) is 12.0 Å². The van der Waals surface area contributed by atoms with Gasteiger partial charge in [0.2, 0.25) is 5.91 Å². The third kappa shape index (κ3) is 4.21. The predicted octanol–water partition coefficient (Wildman–Crippen LogP) is 3.02. The first-order valence-electron chi connectivity index (χ1n) is 6.66. The van der Waals surface area contributed by atoms with Gasteiger partial charge < -0.3 is 10.1 Å². The summed E-state index contributed by atoms with van der Waals surface area (Å²) in [6, 6.07) is 10.0. The van der Waals surface area contributed by atoms with Crippen molar-refractivity contribution in [2.45, 2.75) is 31.8 Å². The molecule has 0 fully saturated rings. The fourth-order valence-electron chi connectivity index (χ4n) is 2.07. The monoisotopic (exact) mass is 261 g/mol. The molecule has 0 heterocycles. The summed E-state index contributed by atoms with van der Waals surface area (Å²) in [5.41, 5.74) is 0.634. The summed E-state index contributed by atoms with van der Waals surface area (Å²) in [7, 11) is 1.69. The zero-order valence-electron chi connectivity index (χ0n) is 11.8. The highest BCUT2D eigenvalue weighted by Crippen LogP contribution is 2.27. The van der Waals surface area contributed by atoms with Crippen molar-refractivity contribution < 1.29 is 9.53 Å². The third-order valence-corrected chi connectivity index (χ3v) is 3.41. The molecule has 0 saturated heterocycles. The van der Waals surface area contributed by atoms with Crippen molar-refractivity contribution in [3.63, 3.8) is 0 Å². The molecule has 1 N–H and O–H groups in total. The molecule has 3 heteroatoms. The second-order valence-corrected chi connectivity index (χ2v) is 4.52. The second-order valence-electron chi connectivity index (χ2n) is 4.52. The Hall–Kier alpha value is -1.61. The minimum Gasteiger partial charge on any atom is -0.372 e. The Morgan fingerprint density at radius 3 is 2.63 bits per heavy atom. The molecular weight excluding hydrogens is 238 g/mol. The summed E-state index contributed by atoms with van der Waals surface area (Å²) in [5, 5.41) is 2.95. The minimum absolute atomic E-state index is 0.0331. The molecular formula is C16H23NO2. The Bertz CT molecular complexity index is 396. The lowest BCUT2D eigenvalue weighted by atomic mass is 9.90. The highest BCUT2D eigenvalue weighted by Gasteiger charge is 2.30. The number of methoxy groups -OCH3 is 1. The number of carbonyl (C=O) groups excluding carboxylic acids is 1. The molecule has 0 spiro atoms.